The van der Waals surface area contributed by atoms with Gasteiger partial charge in [0.1, 0.15) is 0 Å². The van der Waals surface area contributed by atoms with Crippen molar-refractivity contribution >= 4 is 5.97 Å². The molecule has 1 aromatic rings. The summed E-state index contributed by atoms with van der Waals surface area (Å²) in [5.41, 5.74) is 1.53. The standard InChI is InChI=1S/C13H19NO3/c1-4-11(13(16)17-5-2)12(15)10-7-6-9(3)14-8-10/h6-8,11-12,15H,4-5H2,1-3H3. The third-order valence-corrected chi connectivity index (χ3v) is 2.69. The third kappa shape index (κ3) is 3.53. The van der Waals surface area contributed by atoms with Crippen LogP contribution in [-0.4, -0.2) is 22.7 Å². The predicted octanol–water partition coefficient (Wildman–Crippen LogP) is 2.01. The van der Waals surface area contributed by atoms with Crippen LogP contribution >= 0.6 is 0 Å². The summed E-state index contributed by atoms with van der Waals surface area (Å²) < 4.78 is 4.94. The van der Waals surface area contributed by atoms with Crippen LogP contribution in [0.2, 0.25) is 0 Å². The van der Waals surface area contributed by atoms with E-state index in [2.05, 4.69) is 4.98 Å². The zero-order chi connectivity index (χ0) is 12.8. The highest BCUT2D eigenvalue weighted by atomic mass is 16.5. The Morgan fingerprint density at radius 1 is 1.47 bits per heavy atom. The maximum Gasteiger partial charge on any atom is 0.311 e. The van der Waals surface area contributed by atoms with Crippen LogP contribution in [0.1, 0.15) is 37.6 Å². The van der Waals surface area contributed by atoms with Crippen molar-refractivity contribution in [2.24, 2.45) is 5.92 Å². The number of rotatable bonds is 5. The number of aryl methyl sites for hydroxylation is 1. The first-order valence-corrected chi connectivity index (χ1v) is 5.87. The van der Waals surface area contributed by atoms with Gasteiger partial charge in [0.2, 0.25) is 0 Å². The van der Waals surface area contributed by atoms with E-state index in [0.29, 0.717) is 18.6 Å². The molecular weight excluding hydrogens is 218 g/mol. The van der Waals surface area contributed by atoms with Gasteiger partial charge in [-0.05, 0) is 31.9 Å². The molecule has 0 saturated carbocycles. The molecule has 0 aliphatic heterocycles. The summed E-state index contributed by atoms with van der Waals surface area (Å²) in [5.74, 6) is -0.887. The Bertz CT molecular complexity index is 361. The fourth-order valence-electron chi connectivity index (χ4n) is 1.65. The van der Waals surface area contributed by atoms with Crippen LogP contribution in [0.4, 0.5) is 0 Å². The zero-order valence-corrected chi connectivity index (χ0v) is 10.5. The molecule has 1 rings (SSSR count). The third-order valence-electron chi connectivity index (χ3n) is 2.69. The number of pyridine rings is 1. The normalized spacial score (nSPS) is 14.1. The Balaban J connectivity index is 2.81. The lowest BCUT2D eigenvalue weighted by Crippen LogP contribution is -2.24. The molecule has 4 heteroatoms. The first-order chi connectivity index (χ1) is 8.10. The lowest BCUT2D eigenvalue weighted by molar-refractivity contribution is -0.152. The van der Waals surface area contributed by atoms with Gasteiger partial charge in [0.15, 0.2) is 0 Å². The van der Waals surface area contributed by atoms with Crippen molar-refractivity contribution < 1.29 is 14.6 Å². The quantitative estimate of drug-likeness (QED) is 0.796. The van der Waals surface area contributed by atoms with E-state index in [1.165, 1.54) is 0 Å². The van der Waals surface area contributed by atoms with Gasteiger partial charge in [-0.3, -0.25) is 9.78 Å². The topological polar surface area (TPSA) is 59.4 Å². The molecule has 0 aliphatic rings. The molecule has 2 atom stereocenters. The van der Waals surface area contributed by atoms with Crippen molar-refractivity contribution in [1.29, 1.82) is 0 Å². The van der Waals surface area contributed by atoms with E-state index in [4.69, 9.17) is 4.74 Å². The number of ether oxygens (including phenoxy) is 1. The number of aliphatic hydroxyl groups excluding tert-OH is 1. The fraction of sp³-hybridized carbons (Fsp3) is 0.538. The van der Waals surface area contributed by atoms with Crippen LogP contribution in [-0.2, 0) is 9.53 Å². The first-order valence-electron chi connectivity index (χ1n) is 5.87. The fourth-order valence-corrected chi connectivity index (χ4v) is 1.65. The van der Waals surface area contributed by atoms with E-state index in [-0.39, 0.29) is 5.97 Å². The Hall–Kier alpha value is -1.42. The van der Waals surface area contributed by atoms with Crippen LogP contribution in [0.15, 0.2) is 18.3 Å². The molecule has 4 nitrogen and oxygen atoms in total. The molecule has 0 amide bonds. The Labute approximate surface area is 102 Å². The summed E-state index contributed by atoms with van der Waals surface area (Å²) in [5, 5.41) is 10.1. The van der Waals surface area contributed by atoms with E-state index in [1.807, 2.05) is 19.9 Å². The first kappa shape index (κ1) is 13.6. The summed E-state index contributed by atoms with van der Waals surface area (Å²) in [4.78, 5) is 15.8. The van der Waals surface area contributed by atoms with E-state index in [9.17, 15) is 9.90 Å². The minimum Gasteiger partial charge on any atom is -0.466 e. The molecule has 94 valence electrons. The molecule has 17 heavy (non-hydrogen) atoms. The number of esters is 1. The summed E-state index contributed by atoms with van der Waals surface area (Å²) in [6, 6.07) is 3.60. The number of hydrogen-bond acceptors (Lipinski definition) is 4. The molecule has 0 saturated heterocycles. The van der Waals surface area contributed by atoms with Crippen molar-refractivity contribution in [1.82, 2.24) is 4.98 Å². The van der Waals surface area contributed by atoms with E-state index < -0.39 is 12.0 Å². The van der Waals surface area contributed by atoms with Gasteiger partial charge < -0.3 is 9.84 Å². The van der Waals surface area contributed by atoms with E-state index >= 15 is 0 Å². The highest BCUT2D eigenvalue weighted by molar-refractivity contribution is 5.73. The molecule has 0 aromatic carbocycles. The maximum absolute atomic E-state index is 11.7. The molecule has 1 aromatic heterocycles. The van der Waals surface area contributed by atoms with E-state index in [0.717, 1.165) is 5.69 Å². The molecule has 2 unspecified atom stereocenters. The van der Waals surface area contributed by atoms with Crippen molar-refractivity contribution in [2.75, 3.05) is 6.61 Å². The molecule has 0 radical (unpaired) electrons. The average molecular weight is 237 g/mol. The summed E-state index contributed by atoms with van der Waals surface area (Å²) in [7, 11) is 0. The number of aromatic nitrogens is 1. The predicted molar refractivity (Wildman–Crippen MR) is 64.3 cm³/mol. The van der Waals surface area contributed by atoms with Crippen LogP contribution in [0.25, 0.3) is 0 Å². The van der Waals surface area contributed by atoms with Crippen LogP contribution in [0.5, 0.6) is 0 Å². The van der Waals surface area contributed by atoms with Gasteiger partial charge in [0.25, 0.3) is 0 Å². The SMILES string of the molecule is CCOC(=O)C(CC)C(O)c1ccc(C)nc1. The van der Waals surface area contributed by atoms with Gasteiger partial charge in [0.05, 0.1) is 18.6 Å². The summed E-state index contributed by atoms with van der Waals surface area (Å²) in [6.07, 6.45) is 1.28. The van der Waals surface area contributed by atoms with Gasteiger partial charge in [-0.15, -0.1) is 0 Å². The van der Waals surface area contributed by atoms with Gasteiger partial charge >= 0.3 is 5.97 Å². The average Bonchev–Trinajstić information content (AvgIpc) is 2.31. The van der Waals surface area contributed by atoms with Crippen molar-refractivity contribution in [3.63, 3.8) is 0 Å². The van der Waals surface area contributed by atoms with Crippen LogP contribution in [0, 0.1) is 12.8 Å². The second-order valence-electron chi connectivity index (χ2n) is 3.94. The number of nitrogens with zero attached hydrogens (tertiary/aromatic N) is 1. The molecule has 0 bridgehead atoms. The smallest absolute Gasteiger partial charge is 0.311 e. The molecule has 0 fully saturated rings. The maximum atomic E-state index is 11.7. The van der Waals surface area contributed by atoms with Gasteiger partial charge in [-0.2, -0.15) is 0 Å². The van der Waals surface area contributed by atoms with Crippen molar-refractivity contribution in [2.45, 2.75) is 33.3 Å². The summed E-state index contributed by atoms with van der Waals surface area (Å²) in [6.45, 7) is 5.81. The Kier molecular flexibility index (Phi) is 5.10. The minimum atomic E-state index is -0.854. The second-order valence-corrected chi connectivity index (χ2v) is 3.94. The van der Waals surface area contributed by atoms with Gasteiger partial charge in [-0.1, -0.05) is 13.0 Å². The monoisotopic (exact) mass is 237 g/mol. The van der Waals surface area contributed by atoms with Crippen LogP contribution < -0.4 is 0 Å². The molecule has 1 N–H and O–H groups in total. The van der Waals surface area contributed by atoms with Gasteiger partial charge in [-0.25, -0.2) is 0 Å². The highest BCUT2D eigenvalue weighted by Gasteiger charge is 2.27. The molecule has 1 heterocycles. The van der Waals surface area contributed by atoms with Gasteiger partial charge in [0, 0.05) is 11.9 Å². The van der Waals surface area contributed by atoms with Crippen LogP contribution in [0.3, 0.4) is 0 Å². The molecule has 0 spiro atoms. The Morgan fingerprint density at radius 2 is 2.18 bits per heavy atom. The lowest BCUT2D eigenvalue weighted by Gasteiger charge is -2.20. The Morgan fingerprint density at radius 3 is 2.65 bits per heavy atom. The number of carbonyl (C=O) groups is 1. The zero-order valence-electron chi connectivity index (χ0n) is 10.5. The molecule has 0 aliphatic carbocycles. The highest BCUT2D eigenvalue weighted by Crippen LogP contribution is 2.25. The lowest BCUT2D eigenvalue weighted by atomic mass is 9.94. The number of carbonyl (C=O) groups excluding carboxylic acids is 1. The minimum absolute atomic E-state index is 0.328. The number of hydrogen-bond donors (Lipinski definition) is 1. The largest absolute Gasteiger partial charge is 0.466 e. The van der Waals surface area contributed by atoms with Crippen molar-refractivity contribution in [3.05, 3.63) is 29.6 Å². The number of aliphatic hydroxyl groups is 1. The van der Waals surface area contributed by atoms with Crippen molar-refractivity contribution in [3.8, 4) is 0 Å². The van der Waals surface area contributed by atoms with E-state index in [1.54, 1.807) is 19.2 Å². The summed E-state index contributed by atoms with van der Waals surface area (Å²) >= 11 is 0. The second kappa shape index (κ2) is 6.35. The molecular formula is C13H19NO3.